The van der Waals surface area contributed by atoms with Crippen molar-refractivity contribution in [2.24, 2.45) is 0 Å². The molecule has 7 heteroatoms. The molecule has 2 heterocycles. The van der Waals surface area contributed by atoms with Gasteiger partial charge in [-0.2, -0.15) is 0 Å². The lowest BCUT2D eigenvalue weighted by atomic mass is 10.0. The fourth-order valence-corrected chi connectivity index (χ4v) is 3.61. The molecule has 2 N–H and O–H groups in total. The molecule has 0 aliphatic heterocycles. The molecule has 2 aromatic rings. The molecule has 2 aromatic heterocycles. The standard InChI is InChI=1S/C15H16N2O4S/c18-14(10-5-6-11(21-10)15(19)20)16-8-7-13-17-9-3-1-2-4-12(9)22-13/h5-6H,1-4,7-8H2,(H,16,18)(H,19,20). The fraction of sp³-hybridized carbons (Fsp3) is 0.400. The largest absolute Gasteiger partial charge is 0.475 e. The Balaban J connectivity index is 1.52. The Bertz CT molecular complexity index is 681. The highest BCUT2D eigenvalue weighted by Crippen LogP contribution is 2.26. The predicted molar refractivity (Wildman–Crippen MR) is 80.5 cm³/mol. The molecular formula is C15H16N2O4S. The molecule has 0 saturated carbocycles. The number of fused-ring (bicyclic) bond motifs is 1. The predicted octanol–water partition coefficient (Wildman–Crippen LogP) is 2.29. The first-order valence-corrected chi connectivity index (χ1v) is 8.04. The second-order valence-corrected chi connectivity index (χ2v) is 6.33. The minimum Gasteiger partial charge on any atom is -0.475 e. The van der Waals surface area contributed by atoms with Crippen molar-refractivity contribution in [1.82, 2.24) is 10.3 Å². The minimum absolute atomic E-state index is 0.0100. The van der Waals surface area contributed by atoms with Gasteiger partial charge < -0.3 is 14.8 Å². The highest BCUT2D eigenvalue weighted by Gasteiger charge is 2.16. The Morgan fingerprint density at radius 2 is 2.05 bits per heavy atom. The number of aromatic nitrogens is 1. The number of thiazole rings is 1. The first-order valence-electron chi connectivity index (χ1n) is 7.22. The van der Waals surface area contributed by atoms with Crippen LogP contribution >= 0.6 is 11.3 Å². The maximum Gasteiger partial charge on any atom is 0.371 e. The van der Waals surface area contributed by atoms with Crippen molar-refractivity contribution in [3.63, 3.8) is 0 Å². The van der Waals surface area contributed by atoms with Crippen LogP contribution in [0.25, 0.3) is 0 Å². The summed E-state index contributed by atoms with van der Waals surface area (Å²) in [5.74, 6) is -1.82. The van der Waals surface area contributed by atoms with Crippen LogP contribution in [0.15, 0.2) is 16.5 Å². The summed E-state index contributed by atoms with van der Waals surface area (Å²) >= 11 is 1.73. The molecule has 1 aliphatic carbocycles. The smallest absolute Gasteiger partial charge is 0.371 e. The third kappa shape index (κ3) is 3.19. The van der Waals surface area contributed by atoms with Crippen LogP contribution in [0.2, 0.25) is 0 Å². The van der Waals surface area contributed by atoms with E-state index in [1.807, 2.05) is 0 Å². The van der Waals surface area contributed by atoms with Crippen LogP contribution in [0.4, 0.5) is 0 Å². The Kier molecular flexibility index (Phi) is 4.24. The number of nitrogens with one attached hydrogen (secondary N) is 1. The van der Waals surface area contributed by atoms with E-state index in [-0.39, 0.29) is 11.5 Å². The normalized spacial score (nSPS) is 13.6. The van der Waals surface area contributed by atoms with Crippen molar-refractivity contribution >= 4 is 23.2 Å². The van der Waals surface area contributed by atoms with Crippen molar-refractivity contribution in [2.75, 3.05) is 6.54 Å². The average Bonchev–Trinajstić information content (AvgIpc) is 3.13. The molecule has 1 amide bonds. The molecule has 0 saturated heterocycles. The number of aryl methyl sites for hydroxylation is 2. The molecule has 1 aliphatic rings. The molecule has 6 nitrogen and oxygen atoms in total. The summed E-state index contributed by atoms with van der Waals surface area (Å²) in [6, 6.07) is 2.63. The van der Waals surface area contributed by atoms with E-state index in [1.54, 1.807) is 11.3 Å². The highest BCUT2D eigenvalue weighted by atomic mass is 32.1. The van der Waals surface area contributed by atoms with Gasteiger partial charge in [0.2, 0.25) is 5.76 Å². The minimum atomic E-state index is -1.19. The van der Waals surface area contributed by atoms with Crippen molar-refractivity contribution in [1.29, 1.82) is 0 Å². The first kappa shape index (κ1) is 14.8. The SMILES string of the molecule is O=C(O)c1ccc(C(=O)NCCc2nc3c(s2)CCCC3)o1. The zero-order valence-corrected chi connectivity index (χ0v) is 12.7. The van der Waals surface area contributed by atoms with Gasteiger partial charge in [0.1, 0.15) is 0 Å². The molecule has 22 heavy (non-hydrogen) atoms. The monoisotopic (exact) mass is 320 g/mol. The van der Waals surface area contributed by atoms with Gasteiger partial charge in [-0.1, -0.05) is 0 Å². The van der Waals surface area contributed by atoms with Crippen LogP contribution in [-0.4, -0.2) is 28.5 Å². The van der Waals surface area contributed by atoms with Crippen molar-refractivity contribution in [3.05, 3.63) is 39.2 Å². The third-order valence-electron chi connectivity index (χ3n) is 3.55. The third-order valence-corrected chi connectivity index (χ3v) is 4.77. The quantitative estimate of drug-likeness (QED) is 0.881. The molecule has 0 fully saturated rings. The molecule has 0 aromatic carbocycles. The van der Waals surface area contributed by atoms with Crippen LogP contribution in [0.1, 0.15) is 49.5 Å². The second kappa shape index (κ2) is 6.31. The Labute approximate surface area is 131 Å². The maximum absolute atomic E-state index is 11.9. The molecule has 0 bridgehead atoms. The lowest BCUT2D eigenvalue weighted by Gasteiger charge is -2.06. The first-order chi connectivity index (χ1) is 10.6. The Hall–Kier alpha value is -2.15. The summed E-state index contributed by atoms with van der Waals surface area (Å²) in [4.78, 5) is 28.5. The van der Waals surface area contributed by atoms with Gasteiger partial charge in [-0.3, -0.25) is 4.79 Å². The number of carbonyl (C=O) groups excluding carboxylic acids is 1. The van der Waals surface area contributed by atoms with E-state index in [2.05, 4.69) is 10.3 Å². The van der Waals surface area contributed by atoms with Gasteiger partial charge in [0.05, 0.1) is 10.7 Å². The number of aromatic carboxylic acids is 1. The van der Waals surface area contributed by atoms with E-state index < -0.39 is 11.9 Å². The molecule has 0 unspecified atom stereocenters. The van der Waals surface area contributed by atoms with Gasteiger partial charge in [0, 0.05) is 17.8 Å². The zero-order valence-electron chi connectivity index (χ0n) is 11.9. The number of amides is 1. The molecule has 3 rings (SSSR count). The maximum atomic E-state index is 11.9. The van der Waals surface area contributed by atoms with Crippen LogP contribution in [0, 0.1) is 0 Å². The zero-order chi connectivity index (χ0) is 15.5. The number of rotatable bonds is 5. The summed E-state index contributed by atoms with van der Waals surface area (Å²) in [5, 5.41) is 12.5. The lowest BCUT2D eigenvalue weighted by molar-refractivity contribution is 0.0659. The number of furan rings is 1. The summed E-state index contributed by atoms with van der Waals surface area (Å²) in [6.45, 7) is 0.453. The van der Waals surface area contributed by atoms with Gasteiger partial charge in [-0.05, 0) is 37.8 Å². The summed E-state index contributed by atoms with van der Waals surface area (Å²) < 4.78 is 4.95. The molecule has 116 valence electrons. The van der Waals surface area contributed by atoms with Gasteiger partial charge >= 0.3 is 5.97 Å². The van der Waals surface area contributed by atoms with E-state index in [0.717, 1.165) is 17.8 Å². The highest BCUT2D eigenvalue weighted by molar-refractivity contribution is 7.11. The van der Waals surface area contributed by atoms with Crippen molar-refractivity contribution in [3.8, 4) is 0 Å². The molecule has 0 radical (unpaired) electrons. The molecular weight excluding hydrogens is 304 g/mol. The topological polar surface area (TPSA) is 92.4 Å². The van der Waals surface area contributed by atoms with Gasteiger partial charge in [0.15, 0.2) is 5.76 Å². The second-order valence-electron chi connectivity index (χ2n) is 5.16. The molecule has 0 atom stereocenters. The number of hydrogen-bond acceptors (Lipinski definition) is 5. The van der Waals surface area contributed by atoms with Crippen LogP contribution < -0.4 is 5.32 Å². The van der Waals surface area contributed by atoms with Crippen LogP contribution in [0.5, 0.6) is 0 Å². The fourth-order valence-electron chi connectivity index (χ4n) is 2.46. The van der Waals surface area contributed by atoms with Crippen LogP contribution in [-0.2, 0) is 19.3 Å². The van der Waals surface area contributed by atoms with E-state index >= 15 is 0 Å². The number of carboxylic acid groups (broad SMARTS) is 1. The number of carboxylic acids is 1. The summed E-state index contributed by atoms with van der Waals surface area (Å²) in [6.07, 6.45) is 5.29. The van der Waals surface area contributed by atoms with Gasteiger partial charge in [0.25, 0.3) is 5.91 Å². The number of nitrogens with zero attached hydrogens (tertiary/aromatic N) is 1. The van der Waals surface area contributed by atoms with Crippen molar-refractivity contribution < 1.29 is 19.1 Å². The number of hydrogen-bond donors (Lipinski definition) is 2. The van der Waals surface area contributed by atoms with Crippen molar-refractivity contribution in [2.45, 2.75) is 32.1 Å². The van der Waals surface area contributed by atoms with Gasteiger partial charge in [-0.25, -0.2) is 9.78 Å². The Morgan fingerprint density at radius 3 is 2.77 bits per heavy atom. The van der Waals surface area contributed by atoms with E-state index in [4.69, 9.17) is 9.52 Å². The van der Waals surface area contributed by atoms with E-state index in [9.17, 15) is 9.59 Å². The number of carbonyl (C=O) groups is 2. The summed E-state index contributed by atoms with van der Waals surface area (Å²) in [5.41, 5.74) is 1.22. The van der Waals surface area contributed by atoms with E-state index in [1.165, 1.54) is 35.5 Å². The van der Waals surface area contributed by atoms with Gasteiger partial charge in [-0.15, -0.1) is 11.3 Å². The van der Waals surface area contributed by atoms with E-state index in [0.29, 0.717) is 13.0 Å². The average molecular weight is 320 g/mol. The summed E-state index contributed by atoms with van der Waals surface area (Å²) in [7, 11) is 0. The lowest BCUT2D eigenvalue weighted by Crippen LogP contribution is -2.25. The Morgan fingerprint density at radius 1 is 1.27 bits per heavy atom. The molecule has 0 spiro atoms. The van der Waals surface area contributed by atoms with Crippen LogP contribution in [0.3, 0.4) is 0 Å².